The van der Waals surface area contributed by atoms with Gasteiger partial charge in [-0.3, -0.25) is 14.4 Å². The number of hydrogen-bond acceptors (Lipinski definition) is 6. The van der Waals surface area contributed by atoms with E-state index in [0.29, 0.717) is 0 Å². The molecule has 132 valence electrons. The van der Waals surface area contributed by atoms with Crippen LogP contribution in [-0.4, -0.2) is 41.6 Å². The van der Waals surface area contributed by atoms with E-state index in [1.165, 1.54) is 25.7 Å². The zero-order chi connectivity index (χ0) is 18.3. The average molecular weight is 410 g/mol. The van der Waals surface area contributed by atoms with Crippen LogP contribution in [0.1, 0.15) is 53.4 Å². The van der Waals surface area contributed by atoms with Crippen LogP contribution in [0.4, 0.5) is 0 Å². The van der Waals surface area contributed by atoms with Gasteiger partial charge in [-0.25, -0.2) is 4.79 Å². The number of ketones is 3. The molecule has 0 rings (SSSR count). The van der Waals surface area contributed by atoms with Crippen molar-refractivity contribution in [2.45, 2.75) is 53.4 Å². The van der Waals surface area contributed by atoms with Crippen molar-refractivity contribution in [2.24, 2.45) is 5.92 Å². The molecule has 0 aromatic heterocycles. The van der Waals surface area contributed by atoms with Crippen LogP contribution in [0.25, 0.3) is 0 Å². The molecule has 7 nitrogen and oxygen atoms in total. The Kier molecular flexibility index (Phi) is 17.2. The molecule has 0 spiro atoms. The number of carbonyl (C=O) groups excluding carboxylic acids is 3. The van der Waals surface area contributed by atoms with E-state index in [1.54, 1.807) is 0 Å². The normalized spacial score (nSPS) is 9.78. The van der Waals surface area contributed by atoms with Crippen LogP contribution in [0.15, 0.2) is 0 Å². The summed E-state index contributed by atoms with van der Waals surface area (Å²) in [5, 5.41) is 8.20. The third kappa shape index (κ3) is 14.6. The molecule has 0 amide bonds. The van der Waals surface area contributed by atoms with Gasteiger partial charge in [-0.05, 0) is 13.8 Å². The van der Waals surface area contributed by atoms with Crippen LogP contribution in [0.2, 0.25) is 0 Å². The first kappa shape index (κ1) is 24.5. The summed E-state index contributed by atoms with van der Waals surface area (Å²) in [7, 11) is 0. The van der Waals surface area contributed by atoms with E-state index in [1.807, 2.05) is 0 Å². The van der Waals surface area contributed by atoms with Gasteiger partial charge in [0.1, 0.15) is 17.5 Å². The Morgan fingerprint density at radius 2 is 1.30 bits per heavy atom. The number of aliphatic carboxylic acids is 1. The average Bonchev–Trinajstić information content (AvgIpc) is 2.46. The van der Waals surface area contributed by atoms with Crippen molar-refractivity contribution < 1.29 is 54.0 Å². The molecule has 0 fully saturated rings. The summed E-state index contributed by atoms with van der Waals surface area (Å²) in [6.07, 6.45) is 4.79. The molecule has 0 aromatic rings. The van der Waals surface area contributed by atoms with Crippen LogP contribution < -0.4 is 0 Å². The number of carbonyl (C=O) groups is 4. The molecule has 0 unspecified atom stereocenters. The molecule has 1 N–H and O–H groups in total. The Hall–Kier alpha value is -0.717. The number of rotatable bonds is 12. The van der Waals surface area contributed by atoms with Crippen molar-refractivity contribution in [2.75, 3.05) is 13.2 Å². The fraction of sp³-hybridized carbons (Fsp3) is 0.733. The van der Waals surface area contributed by atoms with Gasteiger partial charge in [0, 0.05) is 0 Å². The third-order valence-corrected chi connectivity index (χ3v) is 4.19. The second kappa shape index (κ2) is 16.2. The van der Waals surface area contributed by atoms with Crippen molar-refractivity contribution in [3.63, 3.8) is 0 Å². The topological polar surface area (TPSA) is 107 Å². The van der Waals surface area contributed by atoms with Gasteiger partial charge >= 0.3 is 88.5 Å². The summed E-state index contributed by atoms with van der Waals surface area (Å²) < 4.78 is 10.7. The first-order chi connectivity index (χ1) is 10.8. The van der Waals surface area contributed by atoms with Gasteiger partial charge in [0.2, 0.25) is 0 Å². The summed E-state index contributed by atoms with van der Waals surface area (Å²) in [5.41, 5.74) is 0. The van der Waals surface area contributed by atoms with Crippen molar-refractivity contribution in [3.05, 3.63) is 0 Å². The van der Waals surface area contributed by atoms with Gasteiger partial charge in [-0.1, -0.05) is 0 Å². The standard InChI is InChI=1S/C7H8O5.2C4H9O.Zr/c1-3(8)5(4(2)9)6(10)7(11)12;2*1-2-3-4-5;/h5H,1-2H3,(H,11,12);2*2-4H2,1H3;/q;2*-1;+2. The zero-order valence-corrected chi connectivity index (χ0v) is 16.7. The van der Waals surface area contributed by atoms with Gasteiger partial charge in [0.25, 0.3) is 5.78 Å². The Balaban J connectivity index is 0. The van der Waals surface area contributed by atoms with E-state index < -0.39 is 53.4 Å². The van der Waals surface area contributed by atoms with Gasteiger partial charge < -0.3 is 5.11 Å². The van der Waals surface area contributed by atoms with Crippen molar-refractivity contribution in [1.29, 1.82) is 0 Å². The fourth-order valence-electron chi connectivity index (χ4n) is 1.34. The molecule has 23 heavy (non-hydrogen) atoms. The maximum absolute atomic E-state index is 10.7. The number of Topliss-reactive ketones (excluding diaryl/α,β-unsaturated/α-hetero) is 3. The van der Waals surface area contributed by atoms with Crippen LogP contribution in [0, 0.1) is 5.92 Å². The summed E-state index contributed by atoms with van der Waals surface area (Å²) in [6, 6.07) is 0. The molecule has 0 heterocycles. The molecule has 0 atom stereocenters. The quantitative estimate of drug-likeness (QED) is 0.298. The van der Waals surface area contributed by atoms with E-state index in [0.717, 1.165) is 27.1 Å². The molecule has 0 aliphatic rings. The SMILES string of the molecule is CC(=O)C(C(C)=O)C(=O)C(=O)O.CCCC[O][Zr][O]CCCC. The Bertz CT molecular complexity index is 360. The minimum absolute atomic E-state index is 0.741. The van der Waals surface area contributed by atoms with E-state index in [9.17, 15) is 19.2 Å². The van der Waals surface area contributed by atoms with Gasteiger partial charge in [0.15, 0.2) is 0 Å². The number of hydrogen-bond donors (Lipinski definition) is 1. The van der Waals surface area contributed by atoms with Crippen LogP contribution >= 0.6 is 0 Å². The Labute approximate surface area is 149 Å². The molecule has 0 aliphatic carbocycles. The number of unbranched alkanes of at least 4 members (excludes halogenated alkanes) is 2. The van der Waals surface area contributed by atoms with Gasteiger partial charge in [0.05, 0.1) is 0 Å². The molecule has 0 aromatic carbocycles. The molecular formula is C15H26O7Zr. The first-order valence-corrected chi connectivity index (χ1v) is 9.56. The van der Waals surface area contributed by atoms with Crippen LogP contribution in [0.5, 0.6) is 0 Å². The van der Waals surface area contributed by atoms with Crippen molar-refractivity contribution in [3.8, 4) is 0 Å². The number of carboxylic acids is 1. The van der Waals surface area contributed by atoms with E-state index in [-0.39, 0.29) is 0 Å². The van der Waals surface area contributed by atoms with Crippen LogP contribution in [0.3, 0.4) is 0 Å². The van der Waals surface area contributed by atoms with Gasteiger partial charge in [-0.2, -0.15) is 0 Å². The van der Waals surface area contributed by atoms with E-state index in [2.05, 4.69) is 13.8 Å². The predicted octanol–water partition coefficient (Wildman–Crippen LogP) is 1.97. The molecular weight excluding hydrogens is 383 g/mol. The third-order valence-electron chi connectivity index (χ3n) is 2.60. The Morgan fingerprint density at radius 3 is 1.52 bits per heavy atom. The summed E-state index contributed by atoms with van der Waals surface area (Å²) in [4.78, 5) is 42.0. The van der Waals surface area contributed by atoms with Crippen LogP contribution in [-0.2, 0) is 48.9 Å². The van der Waals surface area contributed by atoms with Crippen molar-refractivity contribution >= 4 is 23.3 Å². The predicted molar refractivity (Wildman–Crippen MR) is 79.2 cm³/mol. The molecule has 0 bridgehead atoms. The molecule has 0 saturated heterocycles. The van der Waals surface area contributed by atoms with Crippen molar-refractivity contribution in [1.82, 2.24) is 0 Å². The summed E-state index contributed by atoms with van der Waals surface area (Å²) >= 11 is -0.876. The second-order valence-corrected chi connectivity index (χ2v) is 6.64. The summed E-state index contributed by atoms with van der Waals surface area (Å²) in [5.74, 6) is -6.24. The number of carboxylic acid groups (broad SMARTS) is 1. The van der Waals surface area contributed by atoms with E-state index >= 15 is 0 Å². The molecule has 8 heteroatoms. The molecule has 0 saturated carbocycles. The maximum atomic E-state index is 10.7. The molecule has 0 radical (unpaired) electrons. The summed E-state index contributed by atoms with van der Waals surface area (Å²) in [6.45, 7) is 8.18. The van der Waals surface area contributed by atoms with Gasteiger partial charge in [-0.15, -0.1) is 0 Å². The monoisotopic (exact) mass is 408 g/mol. The zero-order valence-electron chi connectivity index (χ0n) is 14.2. The first-order valence-electron chi connectivity index (χ1n) is 7.56. The minimum atomic E-state index is -1.76. The molecule has 0 aliphatic heterocycles. The van der Waals surface area contributed by atoms with E-state index in [4.69, 9.17) is 10.7 Å². The second-order valence-electron chi connectivity index (χ2n) is 4.81. The Morgan fingerprint density at radius 1 is 0.913 bits per heavy atom. The fourth-order valence-corrected chi connectivity index (χ4v) is 2.66.